The number of pyridine rings is 1. The van der Waals surface area contributed by atoms with Gasteiger partial charge in [-0.1, -0.05) is 11.6 Å². The number of rotatable bonds is 2. The van der Waals surface area contributed by atoms with Crippen LogP contribution in [0.15, 0.2) is 36.5 Å². The number of carbonyl (C=O) groups excluding carboxylic acids is 1. The number of hydrogen-bond acceptors (Lipinski definition) is 3. The molecule has 18 heavy (non-hydrogen) atoms. The predicted octanol–water partition coefficient (Wildman–Crippen LogP) is 2.83. The van der Waals surface area contributed by atoms with Crippen molar-refractivity contribution in [1.82, 2.24) is 4.98 Å². The van der Waals surface area contributed by atoms with E-state index in [1.54, 1.807) is 6.07 Å². The lowest BCUT2D eigenvalue weighted by Gasteiger charge is -2.06. The summed E-state index contributed by atoms with van der Waals surface area (Å²) in [4.78, 5) is 15.6. The Morgan fingerprint density at radius 2 is 2.11 bits per heavy atom. The first-order chi connectivity index (χ1) is 8.56. The molecule has 0 atom stereocenters. The number of hydrogen-bond donors (Lipinski definition) is 2. The van der Waals surface area contributed by atoms with Crippen LogP contribution in [0.1, 0.15) is 10.4 Å². The molecular weight excluding hydrogens is 259 g/mol. The third kappa shape index (κ3) is 2.75. The summed E-state index contributed by atoms with van der Waals surface area (Å²) in [5.41, 5.74) is -0.160. The van der Waals surface area contributed by atoms with Gasteiger partial charge in [0.15, 0.2) is 0 Å². The average Bonchev–Trinajstić information content (AvgIpc) is 2.35. The van der Waals surface area contributed by atoms with Crippen molar-refractivity contribution in [3.05, 3.63) is 52.9 Å². The number of amides is 1. The van der Waals surface area contributed by atoms with E-state index < -0.39 is 11.7 Å². The van der Waals surface area contributed by atoms with Gasteiger partial charge < -0.3 is 10.4 Å². The van der Waals surface area contributed by atoms with E-state index >= 15 is 0 Å². The van der Waals surface area contributed by atoms with Crippen LogP contribution in [0.5, 0.6) is 5.75 Å². The molecule has 2 rings (SSSR count). The molecule has 92 valence electrons. The van der Waals surface area contributed by atoms with Crippen LogP contribution in [0.2, 0.25) is 5.02 Å². The van der Waals surface area contributed by atoms with Crippen molar-refractivity contribution < 1.29 is 14.3 Å². The Hall–Kier alpha value is -2.14. The zero-order valence-electron chi connectivity index (χ0n) is 9.02. The van der Waals surface area contributed by atoms with Gasteiger partial charge in [-0.05, 0) is 30.3 Å². The fourth-order valence-corrected chi connectivity index (χ4v) is 1.44. The van der Waals surface area contributed by atoms with Gasteiger partial charge in [0, 0.05) is 6.20 Å². The van der Waals surface area contributed by atoms with Crippen LogP contribution in [0.3, 0.4) is 0 Å². The minimum atomic E-state index is -0.651. The van der Waals surface area contributed by atoms with Crippen molar-refractivity contribution in [2.75, 3.05) is 5.32 Å². The molecule has 0 aliphatic rings. The molecule has 1 heterocycles. The Kier molecular flexibility index (Phi) is 3.43. The predicted molar refractivity (Wildman–Crippen MR) is 65.3 cm³/mol. The third-order valence-electron chi connectivity index (χ3n) is 2.17. The smallest absolute Gasteiger partial charge is 0.260 e. The van der Waals surface area contributed by atoms with Gasteiger partial charge >= 0.3 is 0 Å². The van der Waals surface area contributed by atoms with Gasteiger partial charge in [0.2, 0.25) is 0 Å². The third-order valence-corrected chi connectivity index (χ3v) is 2.40. The highest BCUT2D eigenvalue weighted by Gasteiger charge is 2.12. The van der Waals surface area contributed by atoms with Crippen molar-refractivity contribution in [2.45, 2.75) is 0 Å². The minimum Gasteiger partial charge on any atom is -0.507 e. The lowest BCUT2D eigenvalue weighted by Crippen LogP contribution is -2.13. The van der Waals surface area contributed by atoms with Crippen molar-refractivity contribution in [3.8, 4) is 5.75 Å². The van der Waals surface area contributed by atoms with Crippen LogP contribution in [0, 0.1) is 5.82 Å². The Labute approximate surface area is 107 Å². The van der Waals surface area contributed by atoms with Crippen LogP contribution in [0.4, 0.5) is 10.2 Å². The standard InChI is InChI=1S/C12H8ClFN2O2/c13-7-1-4-11(15-6-7)16-12(18)9-5-8(14)2-3-10(9)17/h1-6,17H,(H,15,16,18). The van der Waals surface area contributed by atoms with Gasteiger partial charge in [-0.3, -0.25) is 4.79 Å². The summed E-state index contributed by atoms with van der Waals surface area (Å²) in [7, 11) is 0. The summed E-state index contributed by atoms with van der Waals surface area (Å²) in [6.07, 6.45) is 1.36. The first kappa shape index (κ1) is 12.3. The number of aromatic hydroxyl groups is 1. The topological polar surface area (TPSA) is 62.2 Å². The van der Waals surface area contributed by atoms with E-state index in [1.807, 2.05) is 0 Å². The molecule has 0 saturated heterocycles. The molecule has 2 aromatic rings. The van der Waals surface area contributed by atoms with Crippen molar-refractivity contribution in [2.24, 2.45) is 0 Å². The Balaban J connectivity index is 2.21. The first-order valence-electron chi connectivity index (χ1n) is 4.97. The Morgan fingerprint density at radius 1 is 1.33 bits per heavy atom. The van der Waals surface area contributed by atoms with E-state index in [4.69, 9.17) is 11.6 Å². The summed E-state index contributed by atoms with van der Waals surface area (Å²) in [6, 6.07) is 6.17. The van der Waals surface area contributed by atoms with E-state index in [0.717, 1.165) is 18.2 Å². The van der Waals surface area contributed by atoms with Crippen LogP contribution >= 0.6 is 11.6 Å². The number of aromatic nitrogens is 1. The number of carbonyl (C=O) groups is 1. The highest BCUT2D eigenvalue weighted by molar-refractivity contribution is 6.30. The molecular formula is C12H8ClFN2O2. The van der Waals surface area contributed by atoms with Gasteiger partial charge in [-0.15, -0.1) is 0 Å². The number of nitrogens with one attached hydrogen (secondary N) is 1. The Bertz CT molecular complexity index is 587. The maximum absolute atomic E-state index is 13.0. The summed E-state index contributed by atoms with van der Waals surface area (Å²) in [6.45, 7) is 0. The molecule has 1 aromatic heterocycles. The molecule has 0 aliphatic heterocycles. The van der Waals surface area contributed by atoms with E-state index in [-0.39, 0.29) is 17.1 Å². The highest BCUT2D eigenvalue weighted by atomic mass is 35.5. The molecule has 4 nitrogen and oxygen atoms in total. The van der Waals surface area contributed by atoms with Crippen molar-refractivity contribution >= 4 is 23.3 Å². The number of halogens is 2. The van der Waals surface area contributed by atoms with Crippen LogP contribution in [-0.2, 0) is 0 Å². The minimum absolute atomic E-state index is 0.160. The lowest BCUT2D eigenvalue weighted by molar-refractivity contribution is 0.102. The van der Waals surface area contributed by atoms with E-state index in [1.165, 1.54) is 12.3 Å². The summed E-state index contributed by atoms with van der Waals surface area (Å²) in [5.74, 6) is -1.31. The summed E-state index contributed by atoms with van der Waals surface area (Å²) >= 11 is 5.65. The SMILES string of the molecule is O=C(Nc1ccc(Cl)cn1)c1cc(F)ccc1O. The van der Waals surface area contributed by atoms with Crippen LogP contribution in [-0.4, -0.2) is 16.0 Å². The fraction of sp³-hybridized carbons (Fsp3) is 0. The second-order valence-electron chi connectivity index (χ2n) is 3.48. The maximum atomic E-state index is 13.0. The number of anilines is 1. The van der Waals surface area contributed by atoms with Crippen molar-refractivity contribution in [1.29, 1.82) is 0 Å². The summed E-state index contributed by atoms with van der Waals surface area (Å²) in [5, 5.41) is 12.3. The van der Waals surface area contributed by atoms with Crippen LogP contribution in [0.25, 0.3) is 0 Å². The van der Waals surface area contributed by atoms with E-state index in [2.05, 4.69) is 10.3 Å². The monoisotopic (exact) mass is 266 g/mol. The number of nitrogens with zero attached hydrogens (tertiary/aromatic N) is 1. The normalized spacial score (nSPS) is 10.1. The molecule has 0 radical (unpaired) electrons. The molecule has 0 aliphatic carbocycles. The Morgan fingerprint density at radius 3 is 2.78 bits per heavy atom. The maximum Gasteiger partial charge on any atom is 0.260 e. The zero-order chi connectivity index (χ0) is 13.1. The zero-order valence-corrected chi connectivity index (χ0v) is 9.78. The van der Waals surface area contributed by atoms with E-state index in [9.17, 15) is 14.3 Å². The van der Waals surface area contributed by atoms with E-state index in [0.29, 0.717) is 5.02 Å². The molecule has 1 aromatic carbocycles. The fourth-order valence-electron chi connectivity index (χ4n) is 1.32. The van der Waals surface area contributed by atoms with Gasteiger partial charge in [0.25, 0.3) is 5.91 Å². The molecule has 0 saturated carbocycles. The average molecular weight is 267 g/mol. The van der Waals surface area contributed by atoms with Crippen LogP contribution < -0.4 is 5.32 Å². The molecule has 0 spiro atoms. The highest BCUT2D eigenvalue weighted by Crippen LogP contribution is 2.19. The quantitative estimate of drug-likeness (QED) is 0.879. The molecule has 2 N–H and O–H groups in total. The van der Waals surface area contributed by atoms with Gasteiger partial charge in [0.1, 0.15) is 17.4 Å². The first-order valence-corrected chi connectivity index (χ1v) is 5.35. The molecule has 6 heteroatoms. The lowest BCUT2D eigenvalue weighted by atomic mass is 10.2. The van der Waals surface area contributed by atoms with Gasteiger partial charge in [-0.25, -0.2) is 9.37 Å². The number of benzene rings is 1. The molecule has 0 fully saturated rings. The van der Waals surface area contributed by atoms with Gasteiger partial charge in [0.05, 0.1) is 10.6 Å². The molecule has 0 unspecified atom stereocenters. The largest absolute Gasteiger partial charge is 0.507 e. The van der Waals surface area contributed by atoms with Crippen molar-refractivity contribution in [3.63, 3.8) is 0 Å². The second-order valence-corrected chi connectivity index (χ2v) is 3.91. The second kappa shape index (κ2) is 5.01. The molecule has 1 amide bonds. The number of phenols is 1. The molecule has 0 bridgehead atoms. The number of phenolic OH excluding ortho intramolecular Hbond substituents is 1. The van der Waals surface area contributed by atoms with Gasteiger partial charge in [-0.2, -0.15) is 0 Å². The summed E-state index contributed by atoms with van der Waals surface area (Å²) < 4.78 is 13.0.